The summed E-state index contributed by atoms with van der Waals surface area (Å²) in [6.07, 6.45) is 24.9. The molecule has 0 amide bonds. The average Bonchev–Trinajstić information content (AvgIpc) is 3.09. The van der Waals surface area contributed by atoms with Crippen LogP contribution in [0.4, 0.5) is 4.79 Å². The number of hydrogen-bond donors (Lipinski definition) is 1. The first kappa shape index (κ1) is 38.7. The zero-order valence-electron chi connectivity index (χ0n) is 29.9. The highest BCUT2D eigenvalue weighted by molar-refractivity contribution is 8.30. The van der Waals surface area contributed by atoms with E-state index >= 15 is 0 Å². The molecule has 0 fully saturated rings. The number of unbranched alkanes of at least 4 members (excludes halogenated alkanes) is 15. The van der Waals surface area contributed by atoms with Crippen LogP contribution in [-0.2, 0) is 23.4 Å². The number of benzene rings is 3. The van der Waals surface area contributed by atoms with Crippen molar-refractivity contribution >= 4 is 16.5 Å². The fraction of sp³-hybridized carbons (Fsp3) is 0.558. The molecular formula is C43H64O3S. The van der Waals surface area contributed by atoms with Crippen molar-refractivity contribution in [1.29, 1.82) is 0 Å². The van der Waals surface area contributed by atoms with Crippen LogP contribution in [0.15, 0.2) is 87.5 Å². The van der Waals surface area contributed by atoms with Crippen LogP contribution in [0.3, 0.4) is 0 Å². The van der Waals surface area contributed by atoms with Gasteiger partial charge < -0.3 is 9.29 Å². The maximum atomic E-state index is 12.5. The van der Waals surface area contributed by atoms with Crippen LogP contribution in [-0.4, -0.2) is 11.3 Å². The fourth-order valence-corrected chi connectivity index (χ4v) is 9.41. The largest absolute Gasteiger partial charge is 0.517 e. The molecule has 4 heteroatoms. The minimum Gasteiger partial charge on any atom is -0.449 e. The minimum atomic E-state index is -2.49. The van der Waals surface area contributed by atoms with Gasteiger partial charge in [-0.2, -0.15) is 0 Å². The quantitative estimate of drug-likeness (QED) is 0.0920. The molecular weight excluding hydrogens is 597 g/mol. The average molecular weight is 661 g/mol. The molecule has 3 rings (SSSR count). The highest BCUT2D eigenvalue weighted by Gasteiger charge is 2.36. The molecule has 0 aromatic heterocycles. The van der Waals surface area contributed by atoms with Gasteiger partial charge in [0.2, 0.25) is 0 Å². The predicted molar refractivity (Wildman–Crippen MR) is 202 cm³/mol. The van der Waals surface area contributed by atoms with Gasteiger partial charge in [-0.25, -0.2) is 4.79 Å². The summed E-state index contributed by atoms with van der Waals surface area (Å²) in [6.45, 7) is 6.77. The lowest BCUT2D eigenvalue weighted by molar-refractivity contribution is 0.150. The van der Waals surface area contributed by atoms with E-state index in [0.29, 0.717) is 0 Å². The van der Waals surface area contributed by atoms with Crippen molar-refractivity contribution in [1.82, 2.24) is 0 Å². The molecule has 0 aliphatic rings. The Hall–Kier alpha value is -2.72. The topological polar surface area (TPSA) is 46.5 Å². The van der Waals surface area contributed by atoms with Crippen LogP contribution in [0.1, 0.15) is 153 Å². The first-order chi connectivity index (χ1) is 23.0. The van der Waals surface area contributed by atoms with Crippen LogP contribution >= 0.6 is 10.3 Å². The predicted octanol–water partition coefficient (Wildman–Crippen LogP) is 14.3. The maximum absolute atomic E-state index is 12.5. The molecule has 47 heavy (non-hydrogen) atoms. The van der Waals surface area contributed by atoms with Gasteiger partial charge >= 0.3 is 6.16 Å². The Balaban J connectivity index is 1.86. The smallest absolute Gasteiger partial charge is 0.449 e. The highest BCUT2D eigenvalue weighted by Crippen LogP contribution is 2.69. The van der Waals surface area contributed by atoms with Crippen LogP contribution in [0.5, 0.6) is 0 Å². The first-order valence-electron chi connectivity index (χ1n) is 19.1. The van der Waals surface area contributed by atoms with Gasteiger partial charge in [0.1, 0.15) is 0 Å². The molecule has 3 nitrogen and oxygen atoms in total. The van der Waals surface area contributed by atoms with Gasteiger partial charge in [-0.05, 0) is 102 Å². The van der Waals surface area contributed by atoms with E-state index in [4.69, 9.17) is 4.18 Å². The van der Waals surface area contributed by atoms with Crippen molar-refractivity contribution in [3.63, 3.8) is 0 Å². The van der Waals surface area contributed by atoms with Crippen LogP contribution < -0.4 is 0 Å². The Labute approximate surface area is 289 Å². The van der Waals surface area contributed by atoms with Gasteiger partial charge in [-0.3, -0.25) is 0 Å². The lowest BCUT2D eigenvalue weighted by Crippen LogP contribution is -2.12. The van der Waals surface area contributed by atoms with Crippen molar-refractivity contribution < 1.29 is 14.1 Å². The van der Waals surface area contributed by atoms with Gasteiger partial charge in [0.15, 0.2) is 0 Å². The third-order valence-electron chi connectivity index (χ3n) is 9.42. The molecule has 0 radical (unpaired) electrons. The molecule has 0 saturated carbocycles. The van der Waals surface area contributed by atoms with Crippen molar-refractivity contribution in [3.05, 3.63) is 89.5 Å². The summed E-state index contributed by atoms with van der Waals surface area (Å²) in [4.78, 5) is 15.3. The molecule has 0 spiro atoms. The lowest BCUT2D eigenvalue weighted by atomic mass is 10.1. The van der Waals surface area contributed by atoms with E-state index in [9.17, 15) is 9.90 Å². The maximum Gasteiger partial charge on any atom is 0.517 e. The minimum absolute atomic E-state index is 0.930. The number of rotatable bonds is 25. The van der Waals surface area contributed by atoms with E-state index in [1.165, 1.54) is 132 Å². The van der Waals surface area contributed by atoms with E-state index < -0.39 is 16.5 Å². The second-order valence-electron chi connectivity index (χ2n) is 13.4. The summed E-state index contributed by atoms with van der Waals surface area (Å²) in [6, 6.07) is 25.9. The standard InChI is InChI=1S/C43H64O3S/c1-4-7-10-13-16-19-22-37-25-31-40(32-26-37)47(46-43(44)45,41-33-27-38(28-34-41)23-20-17-14-11-8-5-2)42-35-29-39(30-36-42)24-21-18-15-12-9-6-3/h25-36H,4-24H2,1-3H3,(H,44,45). The van der Waals surface area contributed by atoms with E-state index in [0.717, 1.165) is 33.9 Å². The fourth-order valence-electron chi connectivity index (χ4n) is 6.53. The molecule has 0 atom stereocenters. The second kappa shape index (κ2) is 22.8. The second-order valence-corrected chi connectivity index (χ2v) is 16.1. The van der Waals surface area contributed by atoms with Crippen molar-refractivity contribution in [2.24, 2.45) is 0 Å². The molecule has 0 bridgehead atoms. The van der Waals surface area contributed by atoms with E-state index in [1.807, 2.05) is 0 Å². The summed E-state index contributed by atoms with van der Waals surface area (Å²) in [5.74, 6) is 0. The summed E-state index contributed by atoms with van der Waals surface area (Å²) < 4.78 is 6.12. The van der Waals surface area contributed by atoms with Gasteiger partial charge in [-0.15, -0.1) is 0 Å². The van der Waals surface area contributed by atoms with E-state index in [2.05, 4.69) is 93.6 Å². The third kappa shape index (κ3) is 13.4. The Morgan fingerprint density at radius 3 is 0.957 bits per heavy atom. The Bertz CT molecular complexity index is 1090. The normalized spacial score (nSPS) is 11.9. The molecule has 3 aromatic rings. The molecule has 0 aliphatic heterocycles. The molecule has 0 saturated heterocycles. The molecule has 260 valence electrons. The zero-order chi connectivity index (χ0) is 33.6. The van der Waals surface area contributed by atoms with E-state index in [1.54, 1.807) is 0 Å². The van der Waals surface area contributed by atoms with Crippen molar-refractivity contribution in [2.75, 3.05) is 0 Å². The third-order valence-corrected chi connectivity index (χ3v) is 12.6. The Morgan fingerprint density at radius 1 is 0.447 bits per heavy atom. The van der Waals surface area contributed by atoms with Crippen LogP contribution in [0.2, 0.25) is 0 Å². The SMILES string of the molecule is CCCCCCCCc1ccc(S(OC(=O)O)(c2ccc(CCCCCCCC)cc2)c2ccc(CCCCCCCC)cc2)cc1. The van der Waals surface area contributed by atoms with Crippen molar-refractivity contribution in [2.45, 2.75) is 170 Å². The molecule has 1 N–H and O–H groups in total. The Morgan fingerprint density at radius 2 is 0.702 bits per heavy atom. The van der Waals surface area contributed by atoms with Crippen molar-refractivity contribution in [3.8, 4) is 0 Å². The number of carboxylic acid groups (broad SMARTS) is 1. The summed E-state index contributed by atoms with van der Waals surface area (Å²) in [5, 5.41) is 10.2. The summed E-state index contributed by atoms with van der Waals surface area (Å²) in [7, 11) is -2.49. The van der Waals surface area contributed by atoms with Gasteiger partial charge in [0, 0.05) is 14.7 Å². The molecule has 3 aromatic carbocycles. The number of aryl methyl sites for hydroxylation is 3. The Kier molecular flexibility index (Phi) is 18.8. The number of hydrogen-bond acceptors (Lipinski definition) is 2. The monoisotopic (exact) mass is 660 g/mol. The molecule has 0 aliphatic carbocycles. The van der Waals surface area contributed by atoms with Crippen LogP contribution in [0.25, 0.3) is 0 Å². The van der Waals surface area contributed by atoms with Gasteiger partial charge in [-0.1, -0.05) is 153 Å². The lowest BCUT2D eigenvalue weighted by Gasteiger charge is -2.39. The highest BCUT2D eigenvalue weighted by atomic mass is 32.3. The molecule has 0 unspecified atom stereocenters. The van der Waals surface area contributed by atoms with Gasteiger partial charge in [0.05, 0.1) is 0 Å². The van der Waals surface area contributed by atoms with Gasteiger partial charge in [0.25, 0.3) is 0 Å². The summed E-state index contributed by atoms with van der Waals surface area (Å²) in [5.41, 5.74) is 3.91. The first-order valence-corrected chi connectivity index (χ1v) is 20.6. The number of carbonyl (C=O) groups is 1. The van der Waals surface area contributed by atoms with E-state index in [-0.39, 0.29) is 0 Å². The zero-order valence-corrected chi connectivity index (χ0v) is 30.8. The molecule has 0 heterocycles. The summed E-state index contributed by atoms with van der Waals surface area (Å²) >= 11 is 0. The van der Waals surface area contributed by atoms with Crippen LogP contribution in [0, 0.1) is 0 Å².